The van der Waals surface area contributed by atoms with Crippen molar-refractivity contribution in [2.24, 2.45) is 0 Å². The van der Waals surface area contributed by atoms with Crippen LogP contribution in [-0.4, -0.2) is 53.5 Å². The minimum Gasteiger partial charge on any atom is -0.303 e. The third-order valence-electron chi connectivity index (χ3n) is 3.68. The number of rotatable bonds is 2. The summed E-state index contributed by atoms with van der Waals surface area (Å²) in [6.07, 6.45) is 0.880. The van der Waals surface area contributed by atoms with Crippen LogP contribution < -0.4 is 0 Å². The van der Waals surface area contributed by atoms with Gasteiger partial charge in [0.1, 0.15) is 11.0 Å². The Morgan fingerprint density at radius 2 is 2.00 bits per heavy atom. The average molecular weight is 269 g/mol. The van der Waals surface area contributed by atoms with Crippen LogP contribution in [-0.2, 0) is 6.42 Å². The van der Waals surface area contributed by atoms with Gasteiger partial charge in [0.15, 0.2) is 0 Å². The van der Waals surface area contributed by atoms with Gasteiger partial charge in [0.05, 0.1) is 6.04 Å². The molecule has 1 aliphatic rings. The number of aryl methyl sites for hydroxylation is 1. The summed E-state index contributed by atoms with van der Waals surface area (Å²) in [5, 5.41) is 0.613. The smallest absolute Gasteiger partial charge is 0.148 e. The van der Waals surface area contributed by atoms with Gasteiger partial charge in [-0.3, -0.25) is 4.90 Å². The highest BCUT2D eigenvalue weighted by molar-refractivity contribution is 6.30. The summed E-state index contributed by atoms with van der Waals surface area (Å²) in [6, 6.07) is 0.242. The van der Waals surface area contributed by atoms with Crippen molar-refractivity contribution in [3.63, 3.8) is 0 Å². The van der Waals surface area contributed by atoms with E-state index in [1.165, 1.54) is 0 Å². The molecule has 0 N–H and O–H groups in total. The molecule has 1 unspecified atom stereocenters. The quantitative estimate of drug-likeness (QED) is 0.767. The van der Waals surface area contributed by atoms with Crippen LogP contribution in [0.3, 0.4) is 0 Å². The summed E-state index contributed by atoms with van der Waals surface area (Å²) in [6.45, 7) is 7.18. The van der Waals surface area contributed by atoms with Crippen molar-refractivity contribution in [2.45, 2.75) is 26.3 Å². The molecule has 0 radical (unpaired) electrons. The van der Waals surface area contributed by atoms with Crippen LogP contribution in [0.4, 0.5) is 0 Å². The Morgan fingerprint density at radius 3 is 2.61 bits per heavy atom. The second-order valence-corrected chi connectivity index (χ2v) is 5.41. The summed E-state index contributed by atoms with van der Waals surface area (Å²) in [5.41, 5.74) is 2.07. The topological polar surface area (TPSA) is 32.3 Å². The van der Waals surface area contributed by atoms with E-state index in [1.54, 1.807) is 0 Å². The molecule has 0 amide bonds. The molecule has 18 heavy (non-hydrogen) atoms. The molecule has 1 aromatic heterocycles. The first-order valence-corrected chi connectivity index (χ1v) is 6.82. The van der Waals surface area contributed by atoms with Crippen LogP contribution in [0.5, 0.6) is 0 Å². The van der Waals surface area contributed by atoms with Crippen LogP contribution in [0.25, 0.3) is 0 Å². The molecule has 0 bridgehead atoms. The second-order valence-electron chi connectivity index (χ2n) is 5.05. The van der Waals surface area contributed by atoms with Gasteiger partial charge in [-0.2, -0.15) is 0 Å². The maximum Gasteiger partial charge on any atom is 0.148 e. The molecule has 1 saturated heterocycles. The molecule has 2 rings (SSSR count). The summed E-state index contributed by atoms with van der Waals surface area (Å²) >= 11 is 6.25. The van der Waals surface area contributed by atoms with Gasteiger partial charge in [-0.15, -0.1) is 0 Å². The van der Waals surface area contributed by atoms with Crippen LogP contribution in [0, 0.1) is 6.92 Å². The van der Waals surface area contributed by atoms with Crippen molar-refractivity contribution >= 4 is 11.6 Å². The van der Waals surface area contributed by atoms with Gasteiger partial charge in [-0.1, -0.05) is 18.5 Å². The zero-order valence-corrected chi connectivity index (χ0v) is 12.3. The molecular weight excluding hydrogens is 248 g/mol. The Bertz CT molecular complexity index is 412. The van der Waals surface area contributed by atoms with Crippen LogP contribution in [0.15, 0.2) is 0 Å². The van der Waals surface area contributed by atoms with E-state index in [4.69, 9.17) is 11.6 Å². The maximum atomic E-state index is 6.25. The minimum absolute atomic E-state index is 0.242. The number of hydrogen-bond acceptors (Lipinski definition) is 4. The summed E-state index contributed by atoms with van der Waals surface area (Å²) in [7, 11) is 4.26. The summed E-state index contributed by atoms with van der Waals surface area (Å²) in [4.78, 5) is 13.8. The van der Waals surface area contributed by atoms with Crippen molar-refractivity contribution in [3.8, 4) is 0 Å². The lowest BCUT2D eigenvalue weighted by molar-refractivity contribution is 0.109. The Morgan fingerprint density at radius 1 is 1.28 bits per heavy atom. The van der Waals surface area contributed by atoms with Gasteiger partial charge >= 0.3 is 0 Å². The molecular formula is C13H21ClN4. The highest BCUT2D eigenvalue weighted by Gasteiger charge is 2.26. The number of piperazine rings is 1. The Hall–Kier alpha value is -0.710. The lowest BCUT2D eigenvalue weighted by atomic mass is 10.1. The second kappa shape index (κ2) is 5.51. The number of likely N-dealkylation sites (N-methyl/N-ethyl adjacent to an activating group) is 2. The van der Waals surface area contributed by atoms with Gasteiger partial charge in [-0.05, 0) is 27.4 Å². The minimum atomic E-state index is 0.242. The standard InChI is InChI=1S/C13H21ClN4/c1-5-10-9(2)15-13(16-12(10)14)11-8-17(3)6-7-18(11)4/h11H,5-8H2,1-4H3. The van der Waals surface area contributed by atoms with E-state index < -0.39 is 0 Å². The third kappa shape index (κ3) is 2.66. The van der Waals surface area contributed by atoms with E-state index in [0.717, 1.165) is 43.1 Å². The van der Waals surface area contributed by atoms with E-state index in [9.17, 15) is 0 Å². The highest BCUT2D eigenvalue weighted by atomic mass is 35.5. The fourth-order valence-corrected chi connectivity index (χ4v) is 2.78. The molecule has 4 nitrogen and oxygen atoms in total. The highest BCUT2D eigenvalue weighted by Crippen LogP contribution is 2.24. The Balaban J connectivity index is 2.33. The monoisotopic (exact) mass is 268 g/mol. The SMILES string of the molecule is CCc1c(C)nc(C2CN(C)CCN2C)nc1Cl. The number of halogens is 1. The third-order valence-corrected chi connectivity index (χ3v) is 4.00. The molecule has 2 heterocycles. The van der Waals surface area contributed by atoms with E-state index in [1.807, 2.05) is 6.92 Å². The molecule has 1 aliphatic heterocycles. The summed E-state index contributed by atoms with van der Waals surface area (Å²) < 4.78 is 0. The molecule has 0 saturated carbocycles. The van der Waals surface area contributed by atoms with Gasteiger partial charge in [-0.25, -0.2) is 9.97 Å². The van der Waals surface area contributed by atoms with Gasteiger partial charge in [0, 0.05) is 30.9 Å². The van der Waals surface area contributed by atoms with E-state index >= 15 is 0 Å². The fraction of sp³-hybridized carbons (Fsp3) is 0.692. The Kier molecular flexibility index (Phi) is 4.20. The van der Waals surface area contributed by atoms with Crippen LogP contribution in [0.2, 0.25) is 5.15 Å². The molecule has 1 aromatic rings. The molecule has 0 aromatic carbocycles. The predicted octanol–water partition coefficient (Wildman–Crippen LogP) is 1.92. The van der Waals surface area contributed by atoms with E-state index in [-0.39, 0.29) is 6.04 Å². The van der Waals surface area contributed by atoms with Crippen LogP contribution in [0.1, 0.15) is 30.0 Å². The van der Waals surface area contributed by atoms with Gasteiger partial charge in [0.25, 0.3) is 0 Å². The van der Waals surface area contributed by atoms with Gasteiger partial charge < -0.3 is 4.90 Å². The van der Waals surface area contributed by atoms with Crippen molar-refractivity contribution in [3.05, 3.63) is 22.2 Å². The molecule has 100 valence electrons. The maximum absolute atomic E-state index is 6.25. The fourth-order valence-electron chi connectivity index (χ4n) is 2.42. The lowest BCUT2D eigenvalue weighted by Gasteiger charge is -2.36. The zero-order valence-electron chi connectivity index (χ0n) is 11.6. The van der Waals surface area contributed by atoms with Gasteiger partial charge in [0.2, 0.25) is 0 Å². The van der Waals surface area contributed by atoms with Crippen molar-refractivity contribution in [1.29, 1.82) is 0 Å². The van der Waals surface area contributed by atoms with Crippen molar-refractivity contribution in [1.82, 2.24) is 19.8 Å². The zero-order chi connectivity index (χ0) is 13.3. The average Bonchev–Trinajstić information content (AvgIpc) is 2.32. The van der Waals surface area contributed by atoms with E-state index in [2.05, 4.69) is 40.8 Å². The first-order chi connectivity index (χ1) is 8.52. The molecule has 5 heteroatoms. The Labute approximate surface area is 114 Å². The normalized spacial score (nSPS) is 22.4. The first kappa shape index (κ1) is 13.7. The van der Waals surface area contributed by atoms with Crippen molar-refractivity contribution in [2.75, 3.05) is 33.7 Å². The predicted molar refractivity (Wildman–Crippen MR) is 74.0 cm³/mol. The molecule has 1 fully saturated rings. The summed E-state index contributed by atoms with van der Waals surface area (Å²) in [5.74, 6) is 0.851. The van der Waals surface area contributed by atoms with E-state index in [0.29, 0.717) is 5.15 Å². The van der Waals surface area contributed by atoms with Crippen molar-refractivity contribution < 1.29 is 0 Å². The lowest BCUT2D eigenvalue weighted by Crippen LogP contribution is -2.45. The van der Waals surface area contributed by atoms with Crippen LogP contribution >= 0.6 is 11.6 Å². The molecule has 0 aliphatic carbocycles. The number of aromatic nitrogens is 2. The largest absolute Gasteiger partial charge is 0.303 e. The molecule has 1 atom stereocenters. The number of nitrogens with zero attached hydrogens (tertiary/aromatic N) is 4. The number of hydrogen-bond donors (Lipinski definition) is 0. The molecule has 0 spiro atoms. The first-order valence-electron chi connectivity index (χ1n) is 6.44.